The fourth-order valence-electron chi connectivity index (χ4n) is 2.80. The molecule has 2 nitrogen and oxygen atoms in total. The lowest BCUT2D eigenvalue weighted by atomic mass is 9.76. The van der Waals surface area contributed by atoms with Crippen molar-refractivity contribution in [2.45, 2.75) is 31.8 Å². The Morgan fingerprint density at radius 1 is 1.33 bits per heavy atom. The van der Waals surface area contributed by atoms with Gasteiger partial charge in [0.25, 0.3) is 0 Å². The quantitative estimate of drug-likeness (QED) is 0.868. The van der Waals surface area contributed by atoms with E-state index in [1.165, 1.54) is 12.1 Å². The summed E-state index contributed by atoms with van der Waals surface area (Å²) in [5.41, 5.74) is -0.337. The van der Waals surface area contributed by atoms with E-state index in [9.17, 15) is 13.9 Å². The first kappa shape index (κ1) is 13.4. The second kappa shape index (κ2) is 5.33. The van der Waals surface area contributed by atoms with E-state index in [4.69, 9.17) is 0 Å². The first-order chi connectivity index (χ1) is 8.53. The molecular formula is C14H19F2NO. The Bertz CT molecular complexity index is 404. The largest absolute Gasteiger partial charge is 0.389 e. The highest BCUT2D eigenvalue weighted by Crippen LogP contribution is 2.31. The summed E-state index contributed by atoms with van der Waals surface area (Å²) in [7, 11) is 0. The molecule has 0 spiro atoms. The molecule has 4 heteroatoms. The molecule has 1 fully saturated rings. The van der Waals surface area contributed by atoms with Crippen LogP contribution in [0.4, 0.5) is 8.78 Å². The third-order valence-corrected chi connectivity index (χ3v) is 3.81. The summed E-state index contributed by atoms with van der Waals surface area (Å²) in [5, 5.41) is 13.9. The molecule has 2 atom stereocenters. The molecule has 100 valence electrons. The molecule has 0 bridgehead atoms. The minimum Gasteiger partial charge on any atom is -0.389 e. The Kier molecular flexibility index (Phi) is 3.97. The molecule has 1 aliphatic heterocycles. The molecule has 2 unspecified atom stereocenters. The van der Waals surface area contributed by atoms with Crippen LogP contribution in [0.2, 0.25) is 0 Å². The van der Waals surface area contributed by atoms with Crippen LogP contribution >= 0.6 is 0 Å². The maximum atomic E-state index is 13.2. The highest BCUT2D eigenvalue weighted by molar-refractivity contribution is 5.20. The normalized spacial score (nSPS) is 28.3. The summed E-state index contributed by atoms with van der Waals surface area (Å²) in [6, 6.07) is 3.46. The predicted molar refractivity (Wildman–Crippen MR) is 66.3 cm³/mol. The van der Waals surface area contributed by atoms with Crippen molar-refractivity contribution in [3.05, 3.63) is 35.4 Å². The molecule has 1 heterocycles. The second-order valence-corrected chi connectivity index (χ2v) is 5.12. The van der Waals surface area contributed by atoms with Gasteiger partial charge in [-0.15, -0.1) is 0 Å². The van der Waals surface area contributed by atoms with Gasteiger partial charge in [0.2, 0.25) is 0 Å². The first-order valence-corrected chi connectivity index (χ1v) is 6.41. The van der Waals surface area contributed by atoms with Crippen LogP contribution in [0.3, 0.4) is 0 Å². The molecule has 1 saturated heterocycles. The van der Waals surface area contributed by atoms with Gasteiger partial charge in [-0.2, -0.15) is 0 Å². The van der Waals surface area contributed by atoms with Crippen LogP contribution in [-0.2, 0) is 6.42 Å². The van der Waals surface area contributed by atoms with Gasteiger partial charge < -0.3 is 10.4 Å². The number of rotatable bonds is 3. The van der Waals surface area contributed by atoms with Gasteiger partial charge in [0.1, 0.15) is 11.6 Å². The molecule has 1 aliphatic rings. The maximum absolute atomic E-state index is 13.2. The number of halogens is 2. The van der Waals surface area contributed by atoms with Gasteiger partial charge in [0.05, 0.1) is 5.60 Å². The standard InChI is InChI=1S/C14H19F2NO/c1-2-11-9-17-4-3-14(11,18)8-10-5-12(15)7-13(16)6-10/h5-7,11,17-18H,2-4,8-9H2,1H3. The van der Waals surface area contributed by atoms with Gasteiger partial charge in [0, 0.05) is 24.9 Å². The molecule has 0 aromatic heterocycles. The number of nitrogens with one attached hydrogen (secondary N) is 1. The maximum Gasteiger partial charge on any atom is 0.126 e. The van der Waals surface area contributed by atoms with Crippen LogP contribution in [0.25, 0.3) is 0 Å². The van der Waals surface area contributed by atoms with Gasteiger partial charge in [-0.25, -0.2) is 8.78 Å². The van der Waals surface area contributed by atoms with E-state index < -0.39 is 17.2 Å². The Morgan fingerprint density at radius 2 is 2.00 bits per heavy atom. The van der Waals surface area contributed by atoms with Gasteiger partial charge in [-0.3, -0.25) is 0 Å². The fraction of sp³-hybridized carbons (Fsp3) is 0.571. The minimum atomic E-state index is -0.861. The van der Waals surface area contributed by atoms with Crippen LogP contribution in [0.1, 0.15) is 25.3 Å². The third-order valence-electron chi connectivity index (χ3n) is 3.81. The third kappa shape index (κ3) is 2.87. The zero-order valence-electron chi connectivity index (χ0n) is 10.5. The predicted octanol–water partition coefficient (Wildman–Crippen LogP) is 2.26. The summed E-state index contributed by atoms with van der Waals surface area (Å²) in [6.07, 6.45) is 1.77. The first-order valence-electron chi connectivity index (χ1n) is 6.41. The van der Waals surface area contributed by atoms with E-state index in [1.807, 2.05) is 6.92 Å². The zero-order chi connectivity index (χ0) is 13.2. The number of hydrogen-bond donors (Lipinski definition) is 2. The Hall–Kier alpha value is -1.00. The molecular weight excluding hydrogens is 236 g/mol. The van der Waals surface area contributed by atoms with Crippen molar-refractivity contribution < 1.29 is 13.9 Å². The van der Waals surface area contributed by atoms with E-state index >= 15 is 0 Å². The molecule has 1 aromatic carbocycles. The summed E-state index contributed by atoms with van der Waals surface area (Å²) in [6.45, 7) is 3.52. The SMILES string of the molecule is CCC1CNCCC1(O)Cc1cc(F)cc(F)c1. The average Bonchev–Trinajstić information content (AvgIpc) is 2.27. The smallest absolute Gasteiger partial charge is 0.126 e. The topological polar surface area (TPSA) is 32.3 Å². The lowest BCUT2D eigenvalue weighted by Gasteiger charge is -2.40. The minimum absolute atomic E-state index is 0.123. The van der Waals surface area contributed by atoms with Crippen LogP contribution < -0.4 is 5.32 Å². The molecule has 1 aromatic rings. The van der Waals surface area contributed by atoms with Crippen molar-refractivity contribution in [3.63, 3.8) is 0 Å². The number of hydrogen-bond acceptors (Lipinski definition) is 2. The monoisotopic (exact) mass is 255 g/mol. The summed E-state index contributed by atoms with van der Waals surface area (Å²) in [5.74, 6) is -1.05. The lowest BCUT2D eigenvalue weighted by Crippen LogP contribution is -2.51. The van der Waals surface area contributed by atoms with Crippen LogP contribution in [0.5, 0.6) is 0 Å². The molecule has 18 heavy (non-hydrogen) atoms. The molecule has 0 aliphatic carbocycles. The Morgan fingerprint density at radius 3 is 2.61 bits per heavy atom. The van der Waals surface area contributed by atoms with E-state index in [2.05, 4.69) is 5.32 Å². The van der Waals surface area contributed by atoms with E-state index in [1.54, 1.807) is 0 Å². The van der Waals surface area contributed by atoms with E-state index in [0.717, 1.165) is 25.6 Å². The van der Waals surface area contributed by atoms with Crippen molar-refractivity contribution in [1.29, 1.82) is 0 Å². The molecule has 0 saturated carbocycles. The van der Waals surface area contributed by atoms with Crippen molar-refractivity contribution in [2.24, 2.45) is 5.92 Å². The summed E-state index contributed by atoms with van der Waals surface area (Å²) >= 11 is 0. The van der Waals surface area contributed by atoms with Gasteiger partial charge >= 0.3 is 0 Å². The Labute approximate surface area is 106 Å². The highest BCUT2D eigenvalue weighted by Gasteiger charge is 2.37. The van der Waals surface area contributed by atoms with E-state index in [-0.39, 0.29) is 5.92 Å². The van der Waals surface area contributed by atoms with Crippen molar-refractivity contribution in [3.8, 4) is 0 Å². The average molecular weight is 255 g/mol. The molecule has 0 amide bonds. The second-order valence-electron chi connectivity index (χ2n) is 5.12. The van der Waals surface area contributed by atoms with Gasteiger partial charge in [-0.1, -0.05) is 6.92 Å². The molecule has 2 rings (SSSR count). The highest BCUT2D eigenvalue weighted by atomic mass is 19.1. The Balaban J connectivity index is 2.19. The van der Waals surface area contributed by atoms with Crippen molar-refractivity contribution in [1.82, 2.24) is 5.32 Å². The van der Waals surface area contributed by atoms with Crippen LogP contribution in [-0.4, -0.2) is 23.8 Å². The summed E-state index contributed by atoms with van der Waals surface area (Å²) in [4.78, 5) is 0. The fourth-order valence-corrected chi connectivity index (χ4v) is 2.80. The number of aliphatic hydroxyl groups is 1. The van der Waals surface area contributed by atoms with Crippen molar-refractivity contribution in [2.75, 3.05) is 13.1 Å². The van der Waals surface area contributed by atoms with Crippen LogP contribution in [0.15, 0.2) is 18.2 Å². The molecule has 0 radical (unpaired) electrons. The number of piperidine rings is 1. The zero-order valence-corrected chi connectivity index (χ0v) is 10.5. The lowest BCUT2D eigenvalue weighted by molar-refractivity contribution is -0.0414. The van der Waals surface area contributed by atoms with Gasteiger partial charge in [0.15, 0.2) is 0 Å². The van der Waals surface area contributed by atoms with Crippen molar-refractivity contribution >= 4 is 0 Å². The number of benzene rings is 1. The van der Waals surface area contributed by atoms with Crippen LogP contribution in [0, 0.1) is 17.6 Å². The van der Waals surface area contributed by atoms with Gasteiger partial charge in [-0.05, 0) is 37.1 Å². The summed E-state index contributed by atoms with van der Waals surface area (Å²) < 4.78 is 26.3. The van der Waals surface area contributed by atoms with E-state index in [0.29, 0.717) is 18.4 Å². The molecule has 2 N–H and O–H groups in total.